The van der Waals surface area contributed by atoms with Crippen molar-refractivity contribution in [2.45, 2.75) is 13.5 Å². The fourth-order valence-corrected chi connectivity index (χ4v) is 2.42. The van der Waals surface area contributed by atoms with Crippen LogP contribution >= 0.6 is 11.6 Å². The second kappa shape index (κ2) is 9.58. The zero-order chi connectivity index (χ0) is 18.9. The smallest absolute Gasteiger partial charge is 0.360 e. The first-order chi connectivity index (χ1) is 12.6. The molecule has 7 heteroatoms. The molecule has 0 aliphatic heterocycles. The second-order valence-corrected chi connectivity index (χ2v) is 5.67. The molecule has 26 heavy (non-hydrogen) atoms. The van der Waals surface area contributed by atoms with Crippen molar-refractivity contribution < 1.29 is 19.2 Å². The highest BCUT2D eigenvalue weighted by atomic mass is 35.5. The van der Waals surface area contributed by atoms with Crippen LogP contribution in [0.25, 0.3) is 0 Å². The van der Waals surface area contributed by atoms with Crippen LogP contribution in [0.4, 0.5) is 0 Å². The summed E-state index contributed by atoms with van der Waals surface area (Å²) in [6, 6.07) is 14.5. The lowest BCUT2D eigenvalue weighted by Gasteiger charge is -2.10. The Morgan fingerprint density at radius 2 is 1.85 bits per heavy atom. The largest absolute Gasteiger partial charge is 0.464 e. The minimum atomic E-state index is -0.599. The van der Waals surface area contributed by atoms with Crippen LogP contribution in [0.3, 0.4) is 0 Å². The van der Waals surface area contributed by atoms with E-state index in [1.54, 1.807) is 24.3 Å². The normalized spacial score (nSPS) is 11.8. The summed E-state index contributed by atoms with van der Waals surface area (Å²) in [5, 5.41) is 8.50. The molecule has 0 saturated heterocycles. The van der Waals surface area contributed by atoms with E-state index in [4.69, 9.17) is 26.0 Å². The molecule has 2 aromatic carbocycles. The van der Waals surface area contributed by atoms with E-state index in [1.807, 2.05) is 31.2 Å². The van der Waals surface area contributed by atoms with Crippen LogP contribution in [-0.2, 0) is 25.8 Å². The van der Waals surface area contributed by atoms with Crippen molar-refractivity contribution in [2.75, 3.05) is 14.2 Å². The predicted octanol–water partition coefficient (Wildman–Crippen LogP) is 3.80. The number of benzene rings is 2. The molecule has 0 atom stereocenters. The maximum absolute atomic E-state index is 11.9. The van der Waals surface area contributed by atoms with Crippen molar-refractivity contribution >= 4 is 29.0 Å². The molecule has 0 N–H and O–H groups in total. The fraction of sp³-hybridized carbons (Fsp3) is 0.211. The van der Waals surface area contributed by atoms with Crippen LogP contribution < -0.4 is 0 Å². The number of carbonyl (C=O) groups is 1. The molecule has 6 nitrogen and oxygen atoms in total. The second-order valence-electron chi connectivity index (χ2n) is 5.23. The molecule has 0 aliphatic carbocycles. The fourth-order valence-electron chi connectivity index (χ4n) is 2.23. The lowest BCUT2D eigenvalue weighted by atomic mass is 10.0. The monoisotopic (exact) mass is 374 g/mol. The minimum Gasteiger partial charge on any atom is -0.464 e. The topological polar surface area (TPSA) is 69.5 Å². The molecule has 136 valence electrons. The third-order valence-electron chi connectivity index (χ3n) is 3.50. The zero-order valence-electron chi connectivity index (χ0n) is 14.7. The molecule has 0 radical (unpaired) electrons. The Morgan fingerprint density at radius 3 is 2.54 bits per heavy atom. The van der Waals surface area contributed by atoms with Crippen LogP contribution in [0, 0.1) is 0 Å². The number of hydrogen-bond donors (Lipinski definition) is 0. The van der Waals surface area contributed by atoms with Crippen molar-refractivity contribution in [2.24, 2.45) is 10.3 Å². The number of nitrogens with zero attached hydrogens (tertiary/aromatic N) is 2. The molecular weight excluding hydrogens is 356 g/mol. The standard InChI is InChI=1S/C19H19ClN2O4/c1-13(14-8-6-9-16(20)11-14)21-26-12-15-7-4-5-10-17(15)18(22-25-3)19(23)24-2/h4-11H,12H2,1-3H3/b21-13+,22-18+. The molecule has 2 rings (SSSR count). The van der Waals surface area contributed by atoms with Gasteiger partial charge in [-0.25, -0.2) is 4.79 Å². The van der Waals surface area contributed by atoms with E-state index in [-0.39, 0.29) is 12.3 Å². The molecule has 0 heterocycles. The number of methoxy groups -OCH3 is 1. The summed E-state index contributed by atoms with van der Waals surface area (Å²) in [7, 11) is 2.64. The van der Waals surface area contributed by atoms with Crippen LogP contribution in [0.5, 0.6) is 0 Å². The highest BCUT2D eigenvalue weighted by molar-refractivity contribution is 6.43. The Hall–Kier alpha value is -2.86. The summed E-state index contributed by atoms with van der Waals surface area (Å²) >= 11 is 5.98. The quantitative estimate of drug-likeness (QED) is 0.420. The third-order valence-corrected chi connectivity index (χ3v) is 3.73. The van der Waals surface area contributed by atoms with Gasteiger partial charge in [-0.3, -0.25) is 0 Å². The summed E-state index contributed by atoms with van der Waals surface area (Å²) < 4.78 is 4.76. The van der Waals surface area contributed by atoms with Crippen LogP contribution in [0.2, 0.25) is 5.02 Å². The number of ether oxygens (including phenoxy) is 1. The molecule has 0 saturated carbocycles. The van der Waals surface area contributed by atoms with Crippen molar-refractivity contribution in [1.29, 1.82) is 0 Å². The molecule has 0 bridgehead atoms. The Balaban J connectivity index is 2.19. The molecule has 0 fully saturated rings. The Kier molecular flexibility index (Phi) is 7.17. The van der Waals surface area contributed by atoms with Crippen molar-refractivity contribution in [1.82, 2.24) is 0 Å². The summed E-state index contributed by atoms with van der Waals surface area (Å²) in [6.45, 7) is 1.97. The summed E-state index contributed by atoms with van der Waals surface area (Å²) in [5.41, 5.74) is 2.88. The van der Waals surface area contributed by atoms with Gasteiger partial charge in [-0.1, -0.05) is 58.3 Å². The van der Waals surface area contributed by atoms with Gasteiger partial charge in [0.25, 0.3) is 0 Å². The number of esters is 1. The summed E-state index contributed by atoms with van der Waals surface area (Å²) in [6.07, 6.45) is 0. The van der Waals surface area contributed by atoms with Crippen LogP contribution in [-0.4, -0.2) is 31.6 Å². The van der Waals surface area contributed by atoms with Gasteiger partial charge in [0.2, 0.25) is 0 Å². The molecule has 0 amide bonds. The third kappa shape index (κ3) is 5.07. The van der Waals surface area contributed by atoms with Crippen molar-refractivity contribution in [3.63, 3.8) is 0 Å². The highest BCUT2D eigenvalue weighted by Gasteiger charge is 2.19. The number of carbonyl (C=O) groups excluding carboxylic acids is 1. The highest BCUT2D eigenvalue weighted by Crippen LogP contribution is 2.15. The first kappa shape index (κ1) is 19.5. The van der Waals surface area contributed by atoms with E-state index in [9.17, 15) is 4.79 Å². The first-order valence-electron chi connectivity index (χ1n) is 7.77. The van der Waals surface area contributed by atoms with Crippen LogP contribution in [0.15, 0.2) is 58.8 Å². The van der Waals surface area contributed by atoms with Gasteiger partial charge in [0, 0.05) is 21.7 Å². The number of rotatable bonds is 7. The Bertz CT molecular complexity index is 834. The lowest BCUT2D eigenvalue weighted by molar-refractivity contribution is -0.132. The van der Waals surface area contributed by atoms with E-state index in [2.05, 4.69) is 10.3 Å². The van der Waals surface area contributed by atoms with Gasteiger partial charge >= 0.3 is 5.97 Å². The maximum atomic E-state index is 11.9. The lowest BCUT2D eigenvalue weighted by Crippen LogP contribution is -2.19. The van der Waals surface area contributed by atoms with E-state index in [1.165, 1.54) is 14.2 Å². The molecule has 0 aliphatic rings. The van der Waals surface area contributed by atoms with Gasteiger partial charge < -0.3 is 14.4 Å². The zero-order valence-corrected chi connectivity index (χ0v) is 15.5. The SMILES string of the molecule is CO/N=C(/C(=O)OC)c1ccccc1CO/N=C(\C)c1cccc(Cl)c1. The van der Waals surface area contributed by atoms with Gasteiger partial charge in [0.05, 0.1) is 12.8 Å². The average molecular weight is 375 g/mol. The average Bonchev–Trinajstić information content (AvgIpc) is 2.66. The minimum absolute atomic E-state index is 0.0599. The maximum Gasteiger partial charge on any atom is 0.360 e. The van der Waals surface area contributed by atoms with Gasteiger partial charge in [0.1, 0.15) is 13.7 Å². The number of oxime groups is 2. The van der Waals surface area contributed by atoms with E-state index >= 15 is 0 Å². The van der Waals surface area contributed by atoms with Crippen molar-refractivity contribution in [3.05, 3.63) is 70.2 Å². The Labute approximate surface area is 157 Å². The molecule has 0 unspecified atom stereocenters. The molecule has 2 aromatic rings. The van der Waals surface area contributed by atoms with E-state index in [0.29, 0.717) is 16.3 Å². The number of hydrogen-bond acceptors (Lipinski definition) is 6. The van der Waals surface area contributed by atoms with Crippen molar-refractivity contribution in [3.8, 4) is 0 Å². The summed E-state index contributed by atoms with van der Waals surface area (Å²) in [4.78, 5) is 22.1. The van der Waals surface area contributed by atoms with E-state index in [0.717, 1.165) is 11.1 Å². The Morgan fingerprint density at radius 1 is 1.08 bits per heavy atom. The molecular formula is C19H19ClN2O4. The summed E-state index contributed by atoms with van der Waals surface area (Å²) in [5.74, 6) is -0.599. The van der Waals surface area contributed by atoms with Gasteiger partial charge in [-0.05, 0) is 19.1 Å². The van der Waals surface area contributed by atoms with E-state index < -0.39 is 5.97 Å². The first-order valence-corrected chi connectivity index (χ1v) is 8.14. The number of halogens is 1. The molecule has 0 spiro atoms. The van der Waals surface area contributed by atoms with Crippen LogP contribution in [0.1, 0.15) is 23.6 Å². The van der Waals surface area contributed by atoms with Gasteiger partial charge in [-0.15, -0.1) is 0 Å². The predicted molar refractivity (Wildman–Crippen MR) is 100 cm³/mol. The molecule has 0 aromatic heterocycles. The van der Waals surface area contributed by atoms with Gasteiger partial charge in [-0.2, -0.15) is 0 Å². The van der Waals surface area contributed by atoms with Gasteiger partial charge in [0.15, 0.2) is 5.71 Å².